The monoisotopic (exact) mass is 510 g/mol. The number of amides is 3. The number of piperazine rings is 1. The molecule has 1 saturated heterocycles. The molecule has 8 nitrogen and oxygen atoms in total. The SMILES string of the molecule is CC(C)(C)OC(=O)N1CCN(C(=O)C(Cc2ccccc2)NC(=O)c2cc3cc(Cl)ccc3[nH]2)CC1. The molecule has 1 aliphatic rings. The Morgan fingerprint density at radius 3 is 2.33 bits per heavy atom. The van der Waals surface area contributed by atoms with Gasteiger partial charge in [-0.15, -0.1) is 0 Å². The number of rotatable bonds is 5. The number of nitrogens with zero attached hydrogens (tertiary/aromatic N) is 2. The number of carbonyl (C=O) groups is 3. The van der Waals surface area contributed by atoms with E-state index >= 15 is 0 Å². The molecule has 2 heterocycles. The summed E-state index contributed by atoms with van der Waals surface area (Å²) in [6.07, 6.45) is -0.0355. The van der Waals surface area contributed by atoms with Crippen LogP contribution in [-0.4, -0.2) is 70.5 Å². The molecule has 2 N–H and O–H groups in total. The average Bonchev–Trinajstić information content (AvgIpc) is 3.26. The fourth-order valence-corrected chi connectivity index (χ4v) is 4.35. The molecule has 36 heavy (non-hydrogen) atoms. The maximum Gasteiger partial charge on any atom is 0.410 e. The van der Waals surface area contributed by atoms with Crippen molar-refractivity contribution in [2.75, 3.05) is 26.2 Å². The highest BCUT2D eigenvalue weighted by Gasteiger charge is 2.32. The van der Waals surface area contributed by atoms with E-state index in [2.05, 4.69) is 10.3 Å². The third kappa shape index (κ3) is 6.37. The topological polar surface area (TPSA) is 94.7 Å². The number of nitrogens with one attached hydrogen (secondary N) is 2. The summed E-state index contributed by atoms with van der Waals surface area (Å²) in [4.78, 5) is 45.5. The first-order valence-corrected chi connectivity index (χ1v) is 12.4. The van der Waals surface area contributed by atoms with E-state index in [-0.39, 0.29) is 17.9 Å². The van der Waals surface area contributed by atoms with Crippen molar-refractivity contribution in [1.82, 2.24) is 20.1 Å². The second kappa shape index (κ2) is 10.6. The lowest BCUT2D eigenvalue weighted by atomic mass is 10.0. The van der Waals surface area contributed by atoms with Crippen LogP contribution >= 0.6 is 11.6 Å². The van der Waals surface area contributed by atoms with E-state index < -0.39 is 11.6 Å². The van der Waals surface area contributed by atoms with Crippen LogP contribution in [0, 0.1) is 0 Å². The van der Waals surface area contributed by atoms with Crippen molar-refractivity contribution in [2.45, 2.75) is 38.8 Å². The number of carbonyl (C=O) groups excluding carboxylic acids is 3. The fourth-order valence-electron chi connectivity index (χ4n) is 4.17. The highest BCUT2D eigenvalue weighted by Crippen LogP contribution is 2.20. The minimum absolute atomic E-state index is 0.185. The Morgan fingerprint density at radius 2 is 1.67 bits per heavy atom. The number of aromatic nitrogens is 1. The molecule has 0 radical (unpaired) electrons. The van der Waals surface area contributed by atoms with Crippen LogP contribution in [0.4, 0.5) is 4.79 Å². The number of fused-ring (bicyclic) bond motifs is 1. The molecule has 4 rings (SSSR count). The number of aromatic amines is 1. The quantitative estimate of drug-likeness (QED) is 0.536. The lowest BCUT2D eigenvalue weighted by Gasteiger charge is -2.37. The Morgan fingerprint density at radius 1 is 1.00 bits per heavy atom. The van der Waals surface area contributed by atoms with Gasteiger partial charge in [0, 0.05) is 48.5 Å². The second-order valence-electron chi connectivity index (χ2n) is 9.92. The van der Waals surface area contributed by atoms with Crippen molar-refractivity contribution in [3.63, 3.8) is 0 Å². The number of hydrogen-bond donors (Lipinski definition) is 2. The summed E-state index contributed by atoms with van der Waals surface area (Å²) in [5.74, 6) is -0.556. The van der Waals surface area contributed by atoms with E-state index in [1.165, 1.54) is 0 Å². The van der Waals surface area contributed by atoms with E-state index in [1.54, 1.807) is 28.0 Å². The van der Waals surface area contributed by atoms with Crippen LogP contribution < -0.4 is 5.32 Å². The molecule has 190 valence electrons. The highest BCUT2D eigenvalue weighted by atomic mass is 35.5. The average molecular weight is 511 g/mol. The Labute approximate surface area is 215 Å². The first-order chi connectivity index (χ1) is 17.1. The molecule has 1 aromatic heterocycles. The van der Waals surface area contributed by atoms with Crippen molar-refractivity contribution < 1.29 is 19.1 Å². The van der Waals surface area contributed by atoms with Gasteiger partial charge >= 0.3 is 6.09 Å². The minimum atomic E-state index is -0.761. The minimum Gasteiger partial charge on any atom is -0.444 e. The van der Waals surface area contributed by atoms with Gasteiger partial charge in [-0.05, 0) is 50.6 Å². The third-order valence-corrected chi connectivity index (χ3v) is 6.19. The summed E-state index contributed by atoms with van der Waals surface area (Å²) in [6, 6.07) is 15.9. The van der Waals surface area contributed by atoms with Gasteiger partial charge in [0.15, 0.2) is 0 Å². The largest absolute Gasteiger partial charge is 0.444 e. The van der Waals surface area contributed by atoms with Gasteiger partial charge in [0.05, 0.1) is 0 Å². The molecule has 0 aliphatic carbocycles. The molecule has 1 atom stereocenters. The molecular formula is C27H31ClN4O4. The van der Waals surface area contributed by atoms with Gasteiger partial charge in [0.2, 0.25) is 5.91 Å². The molecule has 0 saturated carbocycles. The number of hydrogen-bond acceptors (Lipinski definition) is 4. The van der Waals surface area contributed by atoms with E-state index in [0.29, 0.717) is 43.3 Å². The van der Waals surface area contributed by atoms with Crippen molar-refractivity contribution >= 4 is 40.4 Å². The van der Waals surface area contributed by atoms with E-state index in [4.69, 9.17) is 16.3 Å². The van der Waals surface area contributed by atoms with Crippen LogP contribution in [0.3, 0.4) is 0 Å². The number of halogens is 1. The Hall–Kier alpha value is -3.52. The zero-order valence-corrected chi connectivity index (χ0v) is 21.5. The normalized spacial score (nSPS) is 15.0. The van der Waals surface area contributed by atoms with Crippen LogP contribution in [-0.2, 0) is 16.0 Å². The molecule has 0 bridgehead atoms. The summed E-state index contributed by atoms with van der Waals surface area (Å²) < 4.78 is 5.45. The summed E-state index contributed by atoms with van der Waals surface area (Å²) in [6.45, 7) is 6.94. The van der Waals surface area contributed by atoms with Crippen LogP contribution in [0.25, 0.3) is 10.9 Å². The first kappa shape index (κ1) is 25.6. The fraction of sp³-hybridized carbons (Fsp3) is 0.370. The Bertz CT molecular complexity index is 1240. The van der Waals surface area contributed by atoms with Crippen LogP contribution in [0.5, 0.6) is 0 Å². The van der Waals surface area contributed by atoms with Crippen molar-refractivity contribution in [3.05, 3.63) is 70.9 Å². The zero-order valence-electron chi connectivity index (χ0n) is 20.7. The van der Waals surface area contributed by atoms with Gasteiger partial charge < -0.3 is 24.8 Å². The molecule has 2 aromatic carbocycles. The van der Waals surface area contributed by atoms with Gasteiger partial charge in [-0.2, -0.15) is 0 Å². The number of H-pyrrole nitrogens is 1. The predicted molar refractivity (Wildman–Crippen MR) is 139 cm³/mol. The molecule has 1 unspecified atom stereocenters. The van der Waals surface area contributed by atoms with Gasteiger partial charge in [-0.1, -0.05) is 41.9 Å². The molecule has 3 amide bonds. The van der Waals surface area contributed by atoms with E-state index in [0.717, 1.165) is 16.5 Å². The number of ether oxygens (including phenoxy) is 1. The predicted octanol–water partition coefficient (Wildman–Crippen LogP) is 4.24. The second-order valence-corrected chi connectivity index (χ2v) is 10.4. The van der Waals surface area contributed by atoms with Crippen LogP contribution in [0.15, 0.2) is 54.6 Å². The van der Waals surface area contributed by atoms with Crippen molar-refractivity contribution in [3.8, 4) is 0 Å². The van der Waals surface area contributed by atoms with Crippen LogP contribution in [0.2, 0.25) is 5.02 Å². The Balaban J connectivity index is 1.47. The van der Waals surface area contributed by atoms with Crippen molar-refractivity contribution in [2.24, 2.45) is 0 Å². The summed E-state index contributed by atoms with van der Waals surface area (Å²) in [7, 11) is 0. The lowest BCUT2D eigenvalue weighted by molar-refractivity contribution is -0.135. The smallest absolute Gasteiger partial charge is 0.410 e. The van der Waals surface area contributed by atoms with E-state index in [9.17, 15) is 14.4 Å². The summed E-state index contributed by atoms with van der Waals surface area (Å²) >= 11 is 6.07. The van der Waals surface area contributed by atoms with Crippen molar-refractivity contribution in [1.29, 1.82) is 0 Å². The molecular weight excluding hydrogens is 480 g/mol. The third-order valence-electron chi connectivity index (χ3n) is 5.96. The molecule has 3 aromatic rings. The van der Waals surface area contributed by atoms with Gasteiger partial charge in [-0.25, -0.2) is 4.79 Å². The summed E-state index contributed by atoms with van der Waals surface area (Å²) in [5.41, 5.74) is 1.50. The lowest BCUT2D eigenvalue weighted by Crippen LogP contribution is -2.56. The Kier molecular flexibility index (Phi) is 7.54. The molecule has 9 heteroatoms. The van der Waals surface area contributed by atoms with Crippen LogP contribution in [0.1, 0.15) is 36.8 Å². The van der Waals surface area contributed by atoms with Gasteiger partial charge in [0.1, 0.15) is 17.3 Å². The van der Waals surface area contributed by atoms with E-state index in [1.807, 2.05) is 57.2 Å². The molecule has 1 aliphatic heterocycles. The summed E-state index contributed by atoms with van der Waals surface area (Å²) in [5, 5.41) is 4.32. The van der Waals surface area contributed by atoms with Gasteiger partial charge in [-0.3, -0.25) is 9.59 Å². The molecule has 1 fully saturated rings. The number of benzene rings is 2. The standard InChI is InChI=1S/C27H31ClN4O4/c1-27(2,3)36-26(35)32-13-11-31(12-14-32)25(34)23(15-18-7-5-4-6-8-18)30-24(33)22-17-19-16-20(28)9-10-21(19)29-22/h4-10,16-17,23,29H,11-15H2,1-3H3,(H,30,33). The van der Waals surface area contributed by atoms with Gasteiger partial charge in [0.25, 0.3) is 5.91 Å². The maximum absolute atomic E-state index is 13.5. The molecule has 0 spiro atoms. The first-order valence-electron chi connectivity index (χ1n) is 12.0. The zero-order chi connectivity index (χ0) is 25.9. The maximum atomic E-state index is 13.5. The highest BCUT2D eigenvalue weighted by molar-refractivity contribution is 6.31.